The van der Waals surface area contributed by atoms with E-state index in [0.717, 1.165) is 28.7 Å². The molecule has 1 heterocycles. The number of amides is 1. The van der Waals surface area contributed by atoms with E-state index in [1.807, 2.05) is 5.38 Å². The Morgan fingerprint density at radius 1 is 1.23 bits per heavy atom. The van der Waals surface area contributed by atoms with Crippen LogP contribution in [0.3, 0.4) is 0 Å². The average Bonchev–Trinajstić information content (AvgIpc) is 3.24. The zero-order chi connectivity index (χ0) is 15.1. The van der Waals surface area contributed by atoms with Gasteiger partial charge in [0.15, 0.2) is 5.13 Å². The summed E-state index contributed by atoms with van der Waals surface area (Å²) in [6.45, 7) is 2.08. The molecule has 1 N–H and O–H groups in total. The van der Waals surface area contributed by atoms with E-state index in [-0.39, 0.29) is 11.8 Å². The van der Waals surface area contributed by atoms with Gasteiger partial charge in [-0.1, -0.05) is 36.2 Å². The maximum absolute atomic E-state index is 12.5. The first kappa shape index (κ1) is 13.9. The van der Waals surface area contributed by atoms with Crippen molar-refractivity contribution in [1.29, 1.82) is 0 Å². The first-order valence-corrected chi connectivity index (χ1v) is 8.90. The Morgan fingerprint density at radius 2 is 2.05 bits per heavy atom. The van der Waals surface area contributed by atoms with E-state index in [0.29, 0.717) is 5.92 Å². The number of aryl methyl sites for hydroxylation is 1. The van der Waals surface area contributed by atoms with E-state index < -0.39 is 0 Å². The highest BCUT2D eigenvalue weighted by Gasteiger charge is 2.43. The van der Waals surface area contributed by atoms with Crippen LogP contribution < -0.4 is 5.32 Å². The number of carbonyl (C=O) groups is 1. The van der Waals surface area contributed by atoms with Crippen LogP contribution in [0.1, 0.15) is 31.2 Å². The Bertz CT molecular complexity index is 691. The number of carbonyl (C=O) groups excluding carboxylic acids is 1. The molecule has 1 aromatic carbocycles. The van der Waals surface area contributed by atoms with Crippen LogP contribution in [-0.4, -0.2) is 10.9 Å². The van der Waals surface area contributed by atoms with Crippen LogP contribution in [0.25, 0.3) is 11.3 Å². The summed E-state index contributed by atoms with van der Waals surface area (Å²) in [6.07, 6.45) is 4.88. The first-order valence-electron chi connectivity index (χ1n) is 8.02. The van der Waals surface area contributed by atoms with Crippen LogP contribution in [0.2, 0.25) is 0 Å². The van der Waals surface area contributed by atoms with E-state index >= 15 is 0 Å². The topological polar surface area (TPSA) is 42.0 Å². The molecule has 4 rings (SSSR count). The molecule has 2 saturated carbocycles. The van der Waals surface area contributed by atoms with Gasteiger partial charge in [-0.15, -0.1) is 11.3 Å². The molecule has 4 heteroatoms. The Hall–Kier alpha value is -1.68. The van der Waals surface area contributed by atoms with Crippen LogP contribution in [0, 0.1) is 24.7 Å². The van der Waals surface area contributed by atoms with Crippen molar-refractivity contribution in [2.45, 2.75) is 32.6 Å². The van der Waals surface area contributed by atoms with Crippen molar-refractivity contribution in [3.05, 3.63) is 35.2 Å². The number of rotatable bonds is 3. The molecule has 1 aromatic heterocycles. The van der Waals surface area contributed by atoms with Gasteiger partial charge in [0.1, 0.15) is 0 Å². The number of hydrogen-bond acceptors (Lipinski definition) is 3. The minimum atomic E-state index is 0.178. The smallest absolute Gasteiger partial charge is 0.229 e. The molecule has 2 aromatic rings. The highest BCUT2D eigenvalue weighted by atomic mass is 32.1. The molecule has 2 bridgehead atoms. The number of benzene rings is 1. The van der Waals surface area contributed by atoms with E-state index in [4.69, 9.17) is 0 Å². The number of thiazole rings is 1. The average molecular weight is 312 g/mol. The van der Waals surface area contributed by atoms with Gasteiger partial charge in [0, 0.05) is 16.9 Å². The van der Waals surface area contributed by atoms with Gasteiger partial charge in [-0.2, -0.15) is 0 Å². The molecule has 1 amide bonds. The first-order chi connectivity index (χ1) is 10.7. The molecule has 0 radical (unpaired) electrons. The van der Waals surface area contributed by atoms with Gasteiger partial charge in [0.25, 0.3) is 0 Å². The fourth-order valence-corrected chi connectivity index (χ4v) is 4.67. The zero-order valence-corrected chi connectivity index (χ0v) is 13.5. The fourth-order valence-electron chi connectivity index (χ4n) is 3.95. The van der Waals surface area contributed by atoms with E-state index in [9.17, 15) is 4.79 Å². The van der Waals surface area contributed by atoms with Crippen LogP contribution in [0.15, 0.2) is 29.6 Å². The third kappa shape index (κ3) is 2.56. The third-order valence-electron chi connectivity index (χ3n) is 5.16. The Balaban J connectivity index is 1.45. The van der Waals surface area contributed by atoms with Crippen molar-refractivity contribution in [2.75, 3.05) is 5.32 Å². The summed E-state index contributed by atoms with van der Waals surface area (Å²) in [6, 6.07) is 8.32. The molecule has 3 nitrogen and oxygen atoms in total. The molecular weight excluding hydrogens is 292 g/mol. The summed E-state index contributed by atoms with van der Waals surface area (Å²) < 4.78 is 0. The second-order valence-electron chi connectivity index (χ2n) is 6.67. The van der Waals surface area contributed by atoms with E-state index in [2.05, 4.69) is 41.5 Å². The van der Waals surface area contributed by atoms with Crippen LogP contribution in [0.5, 0.6) is 0 Å². The van der Waals surface area contributed by atoms with Crippen LogP contribution >= 0.6 is 11.3 Å². The summed E-state index contributed by atoms with van der Waals surface area (Å²) in [5, 5.41) is 5.78. The van der Waals surface area contributed by atoms with Crippen molar-refractivity contribution >= 4 is 22.4 Å². The summed E-state index contributed by atoms with van der Waals surface area (Å²) in [4.78, 5) is 17.0. The van der Waals surface area contributed by atoms with Gasteiger partial charge in [0.05, 0.1) is 5.69 Å². The third-order valence-corrected chi connectivity index (χ3v) is 5.91. The van der Waals surface area contributed by atoms with Gasteiger partial charge in [-0.05, 0) is 38.0 Å². The van der Waals surface area contributed by atoms with Crippen molar-refractivity contribution in [3.63, 3.8) is 0 Å². The molecular formula is C18H20N2OS. The van der Waals surface area contributed by atoms with Gasteiger partial charge >= 0.3 is 0 Å². The van der Waals surface area contributed by atoms with E-state index in [1.54, 1.807) is 0 Å². The van der Waals surface area contributed by atoms with Crippen molar-refractivity contribution in [1.82, 2.24) is 4.98 Å². The number of fused-ring (bicyclic) bond motifs is 2. The SMILES string of the molecule is Cc1ccc(-c2csc(NC(=O)[C@H]3C[C@@H]4CC[C@@H]3C4)n2)cc1. The molecule has 2 aliphatic carbocycles. The lowest BCUT2D eigenvalue weighted by atomic mass is 9.88. The van der Waals surface area contributed by atoms with Crippen molar-refractivity contribution in [2.24, 2.45) is 17.8 Å². The lowest BCUT2D eigenvalue weighted by molar-refractivity contribution is -0.121. The highest BCUT2D eigenvalue weighted by molar-refractivity contribution is 7.14. The molecule has 2 fully saturated rings. The maximum atomic E-state index is 12.5. The number of nitrogens with zero attached hydrogens (tertiary/aromatic N) is 1. The van der Waals surface area contributed by atoms with Gasteiger partial charge in [-0.25, -0.2) is 4.98 Å². The summed E-state index contributed by atoms with van der Waals surface area (Å²) >= 11 is 1.51. The lowest BCUT2D eigenvalue weighted by Gasteiger charge is -2.19. The second kappa shape index (κ2) is 5.51. The van der Waals surface area contributed by atoms with Crippen LogP contribution in [-0.2, 0) is 4.79 Å². The monoisotopic (exact) mass is 312 g/mol. The molecule has 3 atom stereocenters. The normalized spacial score (nSPS) is 26.3. The second-order valence-corrected chi connectivity index (χ2v) is 7.53. The minimum absolute atomic E-state index is 0.178. The fraction of sp³-hybridized carbons (Fsp3) is 0.444. The largest absolute Gasteiger partial charge is 0.302 e. The Morgan fingerprint density at radius 3 is 2.73 bits per heavy atom. The van der Waals surface area contributed by atoms with Crippen LogP contribution in [0.4, 0.5) is 5.13 Å². The quantitative estimate of drug-likeness (QED) is 0.907. The minimum Gasteiger partial charge on any atom is -0.302 e. The molecule has 2 aliphatic rings. The Labute approximate surface area is 134 Å². The predicted octanol–water partition coefficient (Wildman–Crippen LogP) is 4.49. The van der Waals surface area contributed by atoms with Gasteiger partial charge < -0.3 is 5.32 Å². The molecule has 114 valence electrons. The molecule has 0 saturated heterocycles. The summed E-state index contributed by atoms with van der Waals surface area (Å²) in [5.74, 6) is 1.80. The molecule has 0 aliphatic heterocycles. The number of hydrogen-bond donors (Lipinski definition) is 1. The predicted molar refractivity (Wildman–Crippen MR) is 89.9 cm³/mol. The summed E-state index contributed by atoms with van der Waals surface area (Å²) in [7, 11) is 0. The van der Waals surface area contributed by atoms with E-state index in [1.165, 1.54) is 36.2 Å². The molecule has 0 spiro atoms. The lowest BCUT2D eigenvalue weighted by Crippen LogP contribution is -2.27. The molecule has 0 unspecified atom stereocenters. The van der Waals surface area contributed by atoms with Gasteiger partial charge in [-0.3, -0.25) is 4.79 Å². The number of nitrogens with one attached hydrogen (secondary N) is 1. The number of anilines is 1. The van der Waals surface area contributed by atoms with Gasteiger partial charge in [0.2, 0.25) is 5.91 Å². The zero-order valence-electron chi connectivity index (χ0n) is 12.7. The maximum Gasteiger partial charge on any atom is 0.229 e. The number of aromatic nitrogens is 1. The molecule has 22 heavy (non-hydrogen) atoms. The highest BCUT2D eigenvalue weighted by Crippen LogP contribution is 2.48. The van der Waals surface area contributed by atoms with Crippen molar-refractivity contribution < 1.29 is 4.79 Å². The van der Waals surface area contributed by atoms with Crippen molar-refractivity contribution in [3.8, 4) is 11.3 Å². The Kier molecular flexibility index (Phi) is 3.49. The summed E-state index contributed by atoms with van der Waals surface area (Å²) in [5.41, 5.74) is 3.28. The standard InChI is InChI=1S/C18H20N2OS/c1-11-2-5-13(6-3-11)16-10-22-18(19-16)20-17(21)15-9-12-4-7-14(15)8-12/h2-3,5-6,10,12,14-15H,4,7-9H2,1H3,(H,19,20,21)/t12-,14-,15+/m1/s1.